The van der Waals surface area contributed by atoms with Crippen LogP contribution in [0.3, 0.4) is 0 Å². The number of hydrogen-bond acceptors (Lipinski definition) is 6. The molecule has 0 fully saturated rings. The van der Waals surface area contributed by atoms with Crippen LogP contribution < -0.4 is 24.3 Å². The maximum atomic E-state index is 12.0. The molecule has 108 valence electrons. The number of hydrogen-bond donors (Lipinski definition) is 4. The van der Waals surface area contributed by atoms with Crippen molar-refractivity contribution in [1.29, 1.82) is 0 Å². The molecule has 0 aliphatic carbocycles. The van der Waals surface area contributed by atoms with Crippen LogP contribution in [0.4, 0.5) is 0 Å². The monoisotopic (exact) mass is 294 g/mol. The molecule has 0 aliphatic rings. The Balaban J connectivity index is 0.00000132. The first kappa shape index (κ1) is 15.8. The first-order valence-electron chi connectivity index (χ1n) is 5.98. The second-order valence-electron chi connectivity index (χ2n) is 4.52. The molecule has 0 saturated carbocycles. The van der Waals surface area contributed by atoms with E-state index in [2.05, 4.69) is 0 Å². The van der Waals surface area contributed by atoms with Crippen molar-refractivity contribution >= 4 is 11.0 Å². The molecule has 3 aromatic rings. The maximum absolute atomic E-state index is 12.0. The Bertz CT molecular complexity index is 922. The Morgan fingerprint density at radius 2 is 1.59 bits per heavy atom. The first-order chi connectivity index (χ1) is 9.95. The summed E-state index contributed by atoms with van der Waals surface area (Å²) in [7, 11) is 0. The van der Waals surface area contributed by atoms with Crippen molar-refractivity contribution in [3.63, 3.8) is 0 Å². The molecule has 4 N–H and O–H groups in total. The van der Waals surface area contributed by atoms with Gasteiger partial charge in [-0.25, -0.2) is 0 Å². The van der Waals surface area contributed by atoms with Crippen molar-refractivity contribution in [2.75, 3.05) is 0 Å². The van der Waals surface area contributed by atoms with Crippen LogP contribution >= 0.6 is 0 Å². The summed E-state index contributed by atoms with van der Waals surface area (Å²) in [5.74, 6) is -1.13. The molecule has 0 aliphatic heterocycles. The molecule has 22 heavy (non-hydrogen) atoms. The van der Waals surface area contributed by atoms with Crippen LogP contribution in [0.5, 0.6) is 23.0 Å². The third kappa shape index (κ3) is 2.62. The topological polar surface area (TPSA) is 111 Å². The van der Waals surface area contributed by atoms with Gasteiger partial charge in [0.1, 0.15) is 28.2 Å². The molecule has 3 rings (SSSR count). The van der Waals surface area contributed by atoms with Crippen molar-refractivity contribution in [1.82, 2.24) is 0 Å². The quantitative estimate of drug-likeness (QED) is 0.352. The minimum absolute atomic E-state index is 0. The van der Waals surface area contributed by atoms with Crippen molar-refractivity contribution in [3.05, 3.63) is 46.6 Å². The predicted molar refractivity (Wildman–Crippen MR) is 75.7 cm³/mol. The summed E-state index contributed by atoms with van der Waals surface area (Å²) in [4.78, 5) is 12.0. The van der Waals surface area contributed by atoms with Crippen molar-refractivity contribution in [3.8, 4) is 34.3 Å². The van der Waals surface area contributed by atoms with E-state index in [1.165, 1.54) is 24.3 Å². The first-order valence-corrected chi connectivity index (χ1v) is 5.98. The average Bonchev–Trinajstić information content (AvgIpc) is 2.40. The van der Waals surface area contributed by atoms with E-state index in [0.717, 1.165) is 12.1 Å². The normalized spacial score (nSPS) is 10.4. The van der Waals surface area contributed by atoms with Crippen LogP contribution in [0.15, 0.2) is 45.6 Å². The van der Waals surface area contributed by atoms with Gasteiger partial charge in [-0.05, 0) is 18.2 Å². The standard InChI is InChI=1S/C15H10O6.Li.H/c16-8-4-11(19)15-12(20)6-13(21-14(15)5-8)7-1-2-9(17)10(18)3-7;;/h1-6,16-19H;;/q;+1;-1. The number of fused-ring (bicyclic) bond motifs is 1. The summed E-state index contributed by atoms with van der Waals surface area (Å²) in [5.41, 5.74) is -0.106. The number of phenolic OH excluding ortho intramolecular Hbond substituents is 4. The molecule has 1 aromatic heterocycles. The van der Waals surface area contributed by atoms with E-state index in [4.69, 9.17) is 4.42 Å². The summed E-state index contributed by atoms with van der Waals surface area (Å²) < 4.78 is 5.47. The van der Waals surface area contributed by atoms with Gasteiger partial charge in [0.15, 0.2) is 16.9 Å². The van der Waals surface area contributed by atoms with E-state index in [-0.39, 0.29) is 60.0 Å². The Hall–Kier alpha value is -2.55. The predicted octanol–water partition coefficient (Wildman–Crippen LogP) is -0.601. The minimum atomic E-state index is -0.490. The summed E-state index contributed by atoms with van der Waals surface area (Å²) >= 11 is 0. The fourth-order valence-corrected chi connectivity index (χ4v) is 2.07. The van der Waals surface area contributed by atoms with Crippen molar-refractivity contribution in [2.45, 2.75) is 0 Å². The Labute approximate surface area is 137 Å². The maximum Gasteiger partial charge on any atom is 1.00 e. The van der Waals surface area contributed by atoms with E-state index >= 15 is 0 Å². The zero-order chi connectivity index (χ0) is 15.1. The molecule has 0 amide bonds. The van der Waals surface area contributed by atoms with Gasteiger partial charge in [0.25, 0.3) is 0 Å². The SMILES string of the molecule is O=c1cc(-c2ccc(O)c(O)c2)oc2cc(O)cc(O)c12.[H-].[Li+]. The van der Waals surface area contributed by atoms with Crippen LogP contribution in [0.25, 0.3) is 22.3 Å². The molecule has 0 unspecified atom stereocenters. The summed E-state index contributed by atoms with van der Waals surface area (Å²) in [6.45, 7) is 0. The number of rotatable bonds is 1. The van der Waals surface area contributed by atoms with Crippen LogP contribution in [-0.2, 0) is 0 Å². The minimum Gasteiger partial charge on any atom is -1.00 e. The second-order valence-corrected chi connectivity index (χ2v) is 4.52. The summed E-state index contributed by atoms with van der Waals surface area (Å²) in [6.07, 6.45) is 0. The molecule has 0 spiro atoms. The average molecular weight is 294 g/mol. The Morgan fingerprint density at radius 1 is 0.864 bits per heavy atom. The molecular weight excluding hydrogens is 283 g/mol. The second kappa shape index (κ2) is 5.68. The zero-order valence-corrected chi connectivity index (χ0v) is 11.6. The van der Waals surface area contributed by atoms with Gasteiger partial charge in [-0.2, -0.15) is 0 Å². The molecule has 0 saturated heterocycles. The van der Waals surface area contributed by atoms with Gasteiger partial charge in [0.2, 0.25) is 0 Å². The van der Waals surface area contributed by atoms with Gasteiger partial charge in [-0.3, -0.25) is 4.79 Å². The van der Waals surface area contributed by atoms with Gasteiger partial charge in [-0.15, -0.1) is 0 Å². The number of aromatic hydroxyl groups is 4. The van der Waals surface area contributed by atoms with Gasteiger partial charge in [0, 0.05) is 23.8 Å². The van der Waals surface area contributed by atoms with Crippen molar-refractivity contribution < 1.29 is 45.1 Å². The van der Waals surface area contributed by atoms with Gasteiger partial charge >= 0.3 is 18.9 Å². The molecular formula is C15H11LiO6. The van der Waals surface area contributed by atoms with E-state index in [0.29, 0.717) is 5.56 Å². The van der Waals surface area contributed by atoms with Crippen LogP contribution in [0, 0.1) is 0 Å². The molecule has 1 heterocycles. The summed E-state index contributed by atoms with van der Waals surface area (Å²) in [5, 5.41) is 37.9. The third-order valence-corrected chi connectivity index (χ3v) is 3.05. The van der Waals surface area contributed by atoms with E-state index in [9.17, 15) is 25.2 Å². The van der Waals surface area contributed by atoms with Crippen LogP contribution in [0.2, 0.25) is 0 Å². The molecule has 7 heteroatoms. The van der Waals surface area contributed by atoms with Crippen LogP contribution in [-0.4, -0.2) is 20.4 Å². The molecule has 0 atom stereocenters. The molecule has 0 radical (unpaired) electrons. The van der Waals surface area contributed by atoms with Crippen LogP contribution in [0.1, 0.15) is 1.43 Å². The van der Waals surface area contributed by atoms with Gasteiger partial charge < -0.3 is 26.3 Å². The largest absolute Gasteiger partial charge is 1.00 e. The van der Waals surface area contributed by atoms with E-state index < -0.39 is 5.43 Å². The summed E-state index contributed by atoms with van der Waals surface area (Å²) in [6, 6.07) is 7.37. The zero-order valence-electron chi connectivity index (χ0n) is 12.6. The molecule has 2 aromatic carbocycles. The Kier molecular flexibility index (Phi) is 4.09. The van der Waals surface area contributed by atoms with Gasteiger partial charge in [-0.1, -0.05) is 0 Å². The van der Waals surface area contributed by atoms with Gasteiger partial charge in [0.05, 0.1) is 0 Å². The van der Waals surface area contributed by atoms with E-state index in [1.54, 1.807) is 0 Å². The molecule has 0 bridgehead atoms. The van der Waals surface area contributed by atoms with Crippen molar-refractivity contribution in [2.24, 2.45) is 0 Å². The van der Waals surface area contributed by atoms with E-state index in [1.807, 2.05) is 0 Å². The Morgan fingerprint density at radius 3 is 2.27 bits per heavy atom. The fourth-order valence-electron chi connectivity index (χ4n) is 2.07. The number of benzene rings is 2. The number of phenols is 4. The fraction of sp³-hybridized carbons (Fsp3) is 0. The molecule has 6 nitrogen and oxygen atoms in total. The smallest absolute Gasteiger partial charge is 1.00 e. The third-order valence-electron chi connectivity index (χ3n) is 3.05.